The molecule has 0 atom stereocenters. The maximum absolute atomic E-state index is 5.91. The van der Waals surface area contributed by atoms with Crippen LogP contribution in [0.2, 0.25) is 0 Å². The van der Waals surface area contributed by atoms with Gasteiger partial charge in [-0.15, -0.1) is 0 Å². The second-order valence-electron chi connectivity index (χ2n) is 4.72. The quantitative estimate of drug-likeness (QED) is 0.752. The molecule has 5 heteroatoms. The van der Waals surface area contributed by atoms with E-state index in [1.807, 2.05) is 54.6 Å². The molecule has 2 aromatic carbocycles. The summed E-state index contributed by atoms with van der Waals surface area (Å²) in [5, 5.41) is 4.35. The molecule has 0 aliphatic rings. The summed E-state index contributed by atoms with van der Waals surface area (Å²) in [6, 6.07) is 17.5. The molecule has 2 N–H and O–H groups in total. The summed E-state index contributed by atoms with van der Waals surface area (Å²) >= 11 is 0. The molecule has 0 aliphatic heterocycles. The van der Waals surface area contributed by atoms with E-state index >= 15 is 0 Å². The normalized spacial score (nSPS) is 11.0. The molecule has 0 bridgehead atoms. The summed E-state index contributed by atoms with van der Waals surface area (Å²) in [7, 11) is 1.64. The predicted molar refractivity (Wildman–Crippen MR) is 88.1 cm³/mol. The van der Waals surface area contributed by atoms with E-state index in [1.54, 1.807) is 24.2 Å². The van der Waals surface area contributed by atoms with Crippen LogP contribution in [0.15, 0.2) is 65.9 Å². The first kappa shape index (κ1) is 13.9. The molecule has 5 nitrogen and oxygen atoms in total. The van der Waals surface area contributed by atoms with Gasteiger partial charge in [-0.1, -0.05) is 42.5 Å². The van der Waals surface area contributed by atoms with Crippen molar-refractivity contribution in [1.82, 2.24) is 9.66 Å². The molecule has 0 unspecified atom stereocenters. The highest BCUT2D eigenvalue weighted by atomic mass is 16.5. The van der Waals surface area contributed by atoms with Crippen molar-refractivity contribution in [2.24, 2.45) is 5.10 Å². The Hall–Kier alpha value is -3.08. The highest BCUT2D eigenvalue weighted by Crippen LogP contribution is 2.19. The highest BCUT2D eigenvalue weighted by Gasteiger charge is 2.05. The molecule has 0 spiro atoms. The largest absolute Gasteiger partial charge is 0.497 e. The number of hydrogen-bond donors (Lipinski definition) is 1. The Kier molecular flexibility index (Phi) is 3.87. The van der Waals surface area contributed by atoms with Gasteiger partial charge in [-0.25, -0.2) is 9.66 Å². The zero-order valence-electron chi connectivity index (χ0n) is 12.2. The lowest BCUT2D eigenvalue weighted by Gasteiger charge is -2.00. The molecule has 0 fully saturated rings. The van der Waals surface area contributed by atoms with Crippen molar-refractivity contribution >= 4 is 12.2 Å². The fourth-order valence-electron chi connectivity index (χ4n) is 2.08. The van der Waals surface area contributed by atoms with Crippen LogP contribution in [0.4, 0.5) is 5.95 Å². The van der Waals surface area contributed by atoms with Gasteiger partial charge in [-0.3, -0.25) is 0 Å². The van der Waals surface area contributed by atoms with E-state index in [-0.39, 0.29) is 0 Å². The van der Waals surface area contributed by atoms with Crippen LogP contribution < -0.4 is 10.5 Å². The highest BCUT2D eigenvalue weighted by molar-refractivity contribution is 5.80. The van der Waals surface area contributed by atoms with Crippen molar-refractivity contribution in [3.63, 3.8) is 0 Å². The average molecular weight is 292 g/mol. The predicted octanol–water partition coefficient (Wildman–Crippen LogP) is 3.02. The van der Waals surface area contributed by atoms with Gasteiger partial charge in [0, 0.05) is 5.56 Å². The number of methoxy groups -OCH3 is 1. The smallest absolute Gasteiger partial charge is 0.221 e. The van der Waals surface area contributed by atoms with E-state index in [1.165, 1.54) is 0 Å². The number of benzene rings is 2. The van der Waals surface area contributed by atoms with E-state index in [0.717, 1.165) is 22.6 Å². The monoisotopic (exact) mass is 292 g/mol. The van der Waals surface area contributed by atoms with Gasteiger partial charge in [0.2, 0.25) is 5.95 Å². The Balaban J connectivity index is 1.86. The van der Waals surface area contributed by atoms with Gasteiger partial charge in [0.05, 0.1) is 25.2 Å². The lowest BCUT2D eigenvalue weighted by Crippen LogP contribution is -1.97. The van der Waals surface area contributed by atoms with Gasteiger partial charge in [-0.05, 0) is 17.7 Å². The summed E-state index contributed by atoms with van der Waals surface area (Å²) in [6.07, 6.45) is 3.52. The van der Waals surface area contributed by atoms with Crippen LogP contribution in [0.3, 0.4) is 0 Å². The number of hydrogen-bond acceptors (Lipinski definition) is 4. The van der Waals surface area contributed by atoms with Crippen LogP contribution in [-0.4, -0.2) is 23.0 Å². The molecule has 3 aromatic rings. The minimum Gasteiger partial charge on any atom is -0.497 e. The molecule has 3 rings (SSSR count). The molecular weight excluding hydrogens is 276 g/mol. The molecule has 0 saturated carbocycles. The van der Waals surface area contributed by atoms with Crippen LogP contribution in [-0.2, 0) is 0 Å². The Bertz CT molecular complexity index is 793. The first-order chi connectivity index (χ1) is 10.8. The van der Waals surface area contributed by atoms with Gasteiger partial charge in [0.15, 0.2) is 0 Å². The standard InChI is InChI=1S/C17H16N4O/c1-22-15-9-5-6-13(10-15)11-19-21-12-16(20-17(21)18)14-7-3-2-4-8-14/h2-12H,1H3,(H2,18,20)/b19-11+. The molecule has 110 valence electrons. The third-order valence-corrected chi connectivity index (χ3v) is 3.21. The van der Waals surface area contributed by atoms with E-state index < -0.39 is 0 Å². The van der Waals surface area contributed by atoms with E-state index in [2.05, 4.69) is 10.1 Å². The van der Waals surface area contributed by atoms with Crippen molar-refractivity contribution in [2.45, 2.75) is 0 Å². The first-order valence-electron chi connectivity index (χ1n) is 6.85. The number of nitrogens with two attached hydrogens (primary N) is 1. The maximum atomic E-state index is 5.91. The maximum Gasteiger partial charge on any atom is 0.221 e. The summed E-state index contributed by atoms with van der Waals surface area (Å²) in [5.74, 6) is 1.13. The van der Waals surface area contributed by atoms with Gasteiger partial charge in [0.25, 0.3) is 0 Å². The van der Waals surface area contributed by atoms with Crippen LogP contribution in [0, 0.1) is 0 Å². The molecule has 1 aromatic heterocycles. The SMILES string of the molecule is COc1cccc(/C=N/n2cc(-c3ccccc3)nc2N)c1. The number of rotatable bonds is 4. The lowest BCUT2D eigenvalue weighted by atomic mass is 10.2. The van der Waals surface area contributed by atoms with Gasteiger partial charge in [0.1, 0.15) is 5.75 Å². The minimum atomic E-state index is 0.345. The van der Waals surface area contributed by atoms with E-state index in [4.69, 9.17) is 10.5 Å². The third-order valence-electron chi connectivity index (χ3n) is 3.21. The molecule has 22 heavy (non-hydrogen) atoms. The molecule has 1 heterocycles. The number of aromatic nitrogens is 2. The first-order valence-corrected chi connectivity index (χ1v) is 6.85. The number of anilines is 1. The van der Waals surface area contributed by atoms with Gasteiger partial charge >= 0.3 is 0 Å². The number of imidazole rings is 1. The summed E-state index contributed by atoms with van der Waals surface area (Å²) < 4.78 is 6.74. The lowest BCUT2D eigenvalue weighted by molar-refractivity contribution is 0.415. The van der Waals surface area contributed by atoms with Crippen molar-refractivity contribution in [2.75, 3.05) is 12.8 Å². The Labute approximate surface area is 128 Å². The van der Waals surface area contributed by atoms with E-state index in [0.29, 0.717) is 5.95 Å². The number of nitrogen functional groups attached to an aromatic ring is 1. The number of ether oxygens (including phenoxy) is 1. The van der Waals surface area contributed by atoms with Crippen molar-refractivity contribution < 1.29 is 4.74 Å². The molecule has 0 amide bonds. The molecule has 0 saturated heterocycles. The average Bonchev–Trinajstić information content (AvgIpc) is 2.95. The fourth-order valence-corrected chi connectivity index (χ4v) is 2.08. The zero-order chi connectivity index (χ0) is 15.4. The number of nitrogens with zero attached hydrogens (tertiary/aromatic N) is 3. The van der Waals surface area contributed by atoms with Crippen LogP contribution in [0.1, 0.15) is 5.56 Å². The molecular formula is C17H16N4O. The second-order valence-corrected chi connectivity index (χ2v) is 4.72. The van der Waals surface area contributed by atoms with Gasteiger partial charge < -0.3 is 10.5 Å². The van der Waals surface area contributed by atoms with Crippen LogP contribution >= 0.6 is 0 Å². The minimum absolute atomic E-state index is 0.345. The van der Waals surface area contributed by atoms with Crippen LogP contribution in [0.5, 0.6) is 5.75 Å². The summed E-state index contributed by atoms with van der Waals surface area (Å²) in [6.45, 7) is 0. The zero-order valence-corrected chi connectivity index (χ0v) is 12.2. The second kappa shape index (κ2) is 6.13. The molecule has 0 aliphatic carbocycles. The Morgan fingerprint density at radius 1 is 1.14 bits per heavy atom. The van der Waals surface area contributed by atoms with Crippen molar-refractivity contribution in [3.05, 3.63) is 66.4 Å². The Morgan fingerprint density at radius 3 is 2.73 bits per heavy atom. The van der Waals surface area contributed by atoms with Gasteiger partial charge in [-0.2, -0.15) is 5.10 Å². The third kappa shape index (κ3) is 2.98. The van der Waals surface area contributed by atoms with Crippen molar-refractivity contribution in [1.29, 1.82) is 0 Å². The molecule has 0 radical (unpaired) electrons. The summed E-state index contributed by atoms with van der Waals surface area (Å²) in [4.78, 5) is 4.33. The summed E-state index contributed by atoms with van der Waals surface area (Å²) in [5.41, 5.74) is 8.63. The fraction of sp³-hybridized carbons (Fsp3) is 0.0588. The van der Waals surface area contributed by atoms with Crippen LogP contribution in [0.25, 0.3) is 11.3 Å². The van der Waals surface area contributed by atoms with E-state index in [9.17, 15) is 0 Å². The Morgan fingerprint density at radius 2 is 1.95 bits per heavy atom. The topological polar surface area (TPSA) is 65.4 Å². The van der Waals surface area contributed by atoms with Crippen molar-refractivity contribution in [3.8, 4) is 17.0 Å².